The summed E-state index contributed by atoms with van der Waals surface area (Å²) in [5, 5.41) is 0. The third-order valence-electron chi connectivity index (χ3n) is 4.60. The van der Waals surface area contributed by atoms with Gasteiger partial charge in [0.1, 0.15) is 13.2 Å². The van der Waals surface area contributed by atoms with Crippen LogP contribution in [0.5, 0.6) is 11.5 Å². The largest absolute Gasteiger partial charge is 0.486 e. The number of likely N-dealkylation sites (tertiary alicyclic amines) is 1. The number of ether oxygens (including phenoxy) is 2. The molecule has 3 rings (SSSR count). The Morgan fingerprint density at radius 1 is 1.22 bits per heavy atom. The fourth-order valence-electron chi connectivity index (χ4n) is 3.14. The Hall–Kier alpha value is -1.75. The zero-order valence-corrected chi connectivity index (χ0v) is 14.1. The Morgan fingerprint density at radius 2 is 1.91 bits per heavy atom. The second-order valence-corrected chi connectivity index (χ2v) is 6.71. The topological polar surface area (TPSA) is 42.0 Å². The number of benzene rings is 1. The first-order chi connectivity index (χ1) is 11.1. The summed E-state index contributed by atoms with van der Waals surface area (Å²) < 4.78 is 11.1. The molecule has 0 unspecified atom stereocenters. The van der Waals surface area contributed by atoms with E-state index in [4.69, 9.17) is 9.47 Å². The maximum atomic E-state index is 12.4. The van der Waals surface area contributed by atoms with Crippen LogP contribution in [0.15, 0.2) is 18.2 Å². The van der Waals surface area contributed by atoms with Crippen LogP contribution < -0.4 is 9.47 Å². The molecule has 0 atom stereocenters. The lowest BCUT2D eigenvalue weighted by atomic mass is 9.99. The van der Waals surface area contributed by atoms with E-state index in [1.165, 1.54) is 0 Å². The number of rotatable bonds is 4. The maximum absolute atomic E-state index is 12.4. The van der Waals surface area contributed by atoms with Crippen LogP contribution in [-0.2, 0) is 11.3 Å². The molecule has 2 aliphatic heterocycles. The van der Waals surface area contributed by atoms with Gasteiger partial charge < -0.3 is 14.4 Å². The van der Waals surface area contributed by atoms with Crippen molar-refractivity contribution in [2.24, 2.45) is 5.92 Å². The van der Waals surface area contributed by atoms with Crippen LogP contribution in [0.4, 0.5) is 0 Å². The summed E-state index contributed by atoms with van der Waals surface area (Å²) in [6.45, 7) is 6.45. The van der Waals surface area contributed by atoms with E-state index in [1.807, 2.05) is 30.1 Å². The van der Waals surface area contributed by atoms with Crippen molar-refractivity contribution in [3.05, 3.63) is 23.8 Å². The summed E-state index contributed by atoms with van der Waals surface area (Å²) in [4.78, 5) is 16.4. The van der Waals surface area contributed by atoms with Gasteiger partial charge in [-0.3, -0.25) is 9.69 Å². The fourth-order valence-corrected chi connectivity index (χ4v) is 3.14. The molecule has 0 bridgehead atoms. The minimum atomic E-state index is 0.233. The highest BCUT2D eigenvalue weighted by molar-refractivity contribution is 5.78. The minimum Gasteiger partial charge on any atom is -0.486 e. The zero-order chi connectivity index (χ0) is 16.2. The van der Waals surface area contributed by atoms with Crippen molar-refractivity contribution in [3.8, 4) is 11.5 Å². The molecule has 1 aromatic carbocycles. The zero-order valence-electron chi connectivity index (χ0n) is 14.1. The standard InChI is InChI=1S/C18H26N2O3/c1-14-5-7-20(8-6-14)18(21)13-19(2)12-15-3-4-16-17(11-15)23-10-9-22-16/h3-4,11,14H,5-10,12-13H2,1-2H3. The van der Waals surface area contributed by atoms with E-state index in [0.29, 0.717) is 19.8 Å². The number of likely N-dealkylation sites (N-methyl/N-ethyl adjacent to an activating group) is 1. The number of hydrogen-bond donors (Lipinski definition) is 0. The highest BCUT2D eigenvalue weighted by atomic mass is 16.6. The molecule has 1 amide bonds. The molecule has 0 saturated carbocycles. The monoisotopic (exact) mass is 318 g/mol. The second kappa shape index (κ2) is 7.21. The van der Waals surface area contributed by atoms with Gasteiger partial charge in [0.05, 0.1) is 6.54 Å². The number of carbonyl (C=O) groups excluding carboxylic acids is 1. The lowest BCUT2D eigenvalue weighted by molar-refractivity contribution is -0.133. The smallest absolute Gasteiger partial charge is 0.236 e. The Kier molecular flexibility index (Phi) is 5.06. The van der Waals surface area contributed by atoms with Crippen molar-refractivity contribution < 1.29 is 14.3 Å². The quantitative estimate of drug-likeness (QED) is 0.853. The summed E-state index contributed by atoms with van der Waals surface area (Å²) in [6.07, 6.45) is 2.25. The van der Waals surface area contributed by atoms with Gasteiger partial charge in [-0.25, -0.2) is 0 Å². The molecule has 126 valence electrons. The van der Waals surface area contributed by atoms with Crippen molar-refractivity contribution in [2.75, 3.05) is 39.9 Å². The van der Waals surface area contributed by atoms with Crippen LogP contribution in [0.2, 0.25) is 0 Å². The van der Waals surface area contributed by atoms with Gasteiger partial charge >= 0.3 is 0 Å². The van der Waals surface area contributed by atoms with Gasteiger partial charge in [-0.05, 0) is 43.5 Å². The molecule has 0 spiro atoms. The van der Waals surface area contributed by atoms with Gasteiger partial charge in [-0.2, -0.15) is 0 Å². The minimum absolute atomic E-state index is 0.233. The molecule has 0 aromatic heterocycles. The molecule has 0 aliphatic carbocycles. The molecule has 1 aromatic rings. The van der Waals surface area contributed by atoms with Crippen LogP contribution >= 0.6 is 0 Å². The fraction of sp³-hybridized carbons (Fsp3) is 0.611. The molecular weight excluding hydrogens is 292 g/mol. The summed E-state index contributed by atoms with van der Waals surface area (Å²) in [5.41, 5.74) is 1.14. The molecule has 1 fully saturated rings. The summed E-state index contributed by atoms with van der Waals surface area (Å²) >= 11 is 0. The first-order valence-electron chi connectivity index (χ1n) is 8.46. The molecule has 5 nitrogen and oxygen atoms in total. The van der Waals surface area contributed by atoms with Crippen LogP contribution in [0.1, 0.15) is 25.3 Å². The van der Waals surface area contributed by atoms with Crippen LogP contribution in [0.25, 0.3) is 0 Å². The van der Waals surface area contributed by atoms with E-state index >= 15 is 0 Å². The average molecular weight is 318 g/mol. The Bertz CT molecular complexity index is 553. The number of amides is 1. The van der Waals surface area contributed by atoms with Crippen molar-refractivity contribution in [2.45, 2.75) is 26.3 Å². The molecule has 2 aliphatic rings. The highest BCUT2D eigenvalue weighted by Gasteiger charge is 2.21. The second-order valence-electron chi connectivity index (χ2n) is 6.71. The number of nitrogens with zero attached hydrogens (tertiary/aromatic N) is 2. The highest BCUT2D eigenvalue weighted by Crippen LogP contribution is 2.31. The first-order valence-corrected chi connectivity index (χ1v) is 8.46. The van der Waals surface area contributed by atoms with Crippen LogP contribution in [-0.4, -0.2) is 55.6 Å². The number of piperidine rings is 1. The molecule has 2 heterocycles. The SMILES string of the molecule is CC1CCN(C(=O)CN(C)Cc2ccc3c(c2)OCCO3)CC1. The van der Waals surface area contributed by atoms with E-state index in [-0.39, 0.29) is 5.91 Å². The van der Waals surface area contributed by atoms with Crippen LogP contribution in [0.3, 0.4) is 0 Å². The van der Waals surface area contributed by atoms with E-state index in [1.54, 1.807) is 0 Å². The van der Waals surface area contributed by atoms with Gasteiger partial charge in [-0.1, -0.05) is 13.0 Å². The van der Waals surface area contributed by atoms with Gasteiger partial charge in [0.15, 0.2) is 11.5 Å². The van der Waals surface area contributed by atoms with Gasteiger partial charge in [-0.15, -0.1) is 0 Å². The predicted octanol–water partition coefficient (Wildman–Crippen LogP) is 2.15. The molecule has 23 heavy (non-hydrogen) atoms. The maximum Gasteiger partial charge on any atom is 0.236 e. The first kappa shape index (κ1) is 16.1. The van der Waals surface area contributed by atoms with Gasteiger partial charge in [0.2, 0.25) is 5.91 Å². The lowest BCUT2D eigenvalue weighted by Crippen LogP contribution is -2.42. The van der Waals surface area contributed by atoms with Crippen molar-refractivity contribution in [1.29, 1.82) is 0 Å². The van der Waals surface area contributed by atoms with Gasteiger partial charge in [0, 0.05) is 19.6 Å². The Balaban J connectivity index is 1.52. The summed E-state index contributed by atoms with van der Waals surface area (Å²) in [6, 6.07) is 6.00. The lowest BCUT2D eigenvalue weighted by Gasteiger charge is -2.31. The predicted molar refractivity (Wildman–Crippen MR) is 88.7 cm³/mol. The summed E-state index contributed by atoms with van der Waals surface area (Å²) in [5.74, 6) is 2.59. The summed E-state index contributed by atoms with van der Waals surface area (Å²) in [7, 11) is 1.99. The van der Waals surface area contributed by atoms with Crippen molar-refractivity contribution in [1.82, 2.24) is 9.80 Å². The van der Waals surface area contributed by atoms with E-state index in [9.17, 15) is 4.79 Å². The van der Waals surface area contributed by atoms with E-state index < -0.39 is 0 Å². The van der Waals surface area contributed by atoms with E-state index in [2.05, 4.69) is 11.8 Å². The molecule has 1 saturated heterocycles. The average Bonchev–Trinajstić information content (AvgIpc) is 2.55. The Morgan fingerprint density at radius 3 is 2.65 bits per heavy atom. The number of hydrogen-bond acceptors (Lipinski definition) is 4. The van der Waals surface area contributed by atoms with E-state index in [0.717, 1.165) is 55.5 Å². The molecule has 0 N–H and O–H groups in total. The third kappa shape index (κ3) is 4.16. The Labute approximate surface area is 138 Å². The normalized spacial score (nSPS) is 18.3. The van der Waals surface area contributed by atoms with Crippen LogP contribution in [0, 0.1) is 5.92 Å². The molecular formula is C18H26N2O3. The molecule has 0 radical (unpaired) electrons. The van der Waals surface area contributed by atoms with Gasteiger partial charge in [0.25, 0.3) is 0 Å². The van der Waals surface area contributed by atoms with Crippen molar-refractivity contribution >= 4 is 5.91 Å². The third-order valence-corrected chi connectivity index (χ3v) is 4.60. The number of carbonyl (C=O) groups is 1. The number of fused-ring (bicyclic) bond motifs is 1. The molecule has 5 heteroatoms. The van der Waals surface area contributed by atoms with Crippen molar-refractivity contribution in [3.63, 3.8) is 0 Å².